The number of anilines is 1. The van der Waals surface area contributed by atoms with Crippen LogP contribution in [0.25, 0.3) is 11.0 Å². The first kappa shape index (κ1) is 21.6. The first-order valence-corrected chi connectivity index (χ1v) is 10.2. The van der Waals surface area contributed by atoms with Gasteiger partial charge in [-0.15, -0.1) is 0 Å². The standard InChI is InChI=1S/C24H28N2O4/c1-5-7-18-20(29-6-2)13-8-15-14-19(23(28)30-21(15)18)22(27)26-17-11-9-16(10-12-17)24(3,4)25/h8-14H,5-7,25H2,1-4H3,(H,26,27). The van der Waals surface area contributed by atoms with E-state index in [2.05, 4.69) is 5.32 Å². The first-order valence-electron chi connectivity index (χ1n) is 10.2. The second-order valence-corrected chi connectivity index (χ2v) is 7.84. The summed E-state index contributed by atoms with van der Waals surface area (Å²) in [6, 6.07) is 12.5. The lowest BCUT2D eigenvalue weighted by Crippen LogP contribution is -2.28. The number of fused-ring (bicyclic) bond motifs is 1. The van der Waals surface area contributed by atoms with Crippen molar-refractivity contribution >= 4 is 22.6 Å². The quantitative estimate of drug-likeness (QED) is 0.558. The van der Waals surface area contributed by atoms with Gasteiger partial charge in [0, 0.05) is 22.2 Å². The fourth-order valence-electron chi connectivity index (χ4n) is 3.34. The summed E-state index contributed by atoms with van der Waals surface area (Å²) in [7, 11) is 0. The fraction of sp³-hybridized carbons (Fsp3) is 0.333. The predicted octanol–water partition coefficient (Wildman–Crippen LogP) is 4.59. The maximum absolute atomic E-state index is 12.7. The number of benzene rings is 2. The highest BCUT2D eigenvalue weighted by Gasteiger charge is 2.18. The molecule has 3 rings (SSSR count). The number of amides is 1. The molecule has 2 aromatic carbocycles. The third-order valence-electron chi connectivity index (χ3n) is 4.89. The molecule has 0 aliphatic heterocycles. The van der Waals surface area contributed by atoms with E-state index in [-0.39, 0.29) is 5.56 Å². The summed E-state index contributed by atoms with van der Waals surface area (Å²) in [4.78, 5) is 25.3. The molecule has 0 aliphatic rings. The molecule has 0 aliphatic carbocycles. The van der Waals surface area contributed by atoms with E-state index in [1.54, 1.807) is 24.3 Å². The molecule has 0 saturated carbocycles. The fourth-order valence-corrected chi connectivity index (χ4v) is 3.34. The molecule has 1 amide bonds. The van der Waals surface area contributed by atoms with Gasteiger partial charge in [0.05, 0.1) is 6.61 Å². The van der Waals surface area contributed by atoms with Crippen LogP contribution >= 0.6 is 0 Å². The number of carbonyl (C=O) groups is 1. The Morgan fingerprint density at radius 2 is 1.83 bits per heavy atom. The van der Waals surface area contributed by atoms with Crippen LogP contribution in [0.2, 0.25) is 0 Å². The van der Waals surface area contributed by atoms with Crippen LogP contribution in [0.4, 0.5) is 5.69 Å². The van der Waals surface area contributed by atoms with Crippen LogP contribution in [0.1, 0.15) is 55.6 Å². The molecule has 158 valence electrons. The van der Waals surface area contributed by atoms with Crippen molar-refractivity contribution in [2.24, 2.45) is 5.73 Å². The predicted molar refractivity (Wildman–Crippen MR) is 119 cm³/mol. The van der Waals surface area contributed by atoms with E-state index in [0.29, 0.717) is 35.4 Å². The lowest BCUT2D eigenvalue weighted by atomic mass is 9.95. The summed E-state index contributed by atoms with van der Waals surface area (Å²) in [5.41, 5.74) is 7.73. The SMILES string of the molecule is CCCc1c(OCC)ccc2cc(C(=O)Nc3ccc(C(C)(C)N)cc3)c(=O)oc12. The third kappa shape index (κ3) is 4.54. The molecule has 0 saturated heterocycles. The minimum absolute atomic E-state index is 0.0441. The summed E-state index contributed by atoms with van der Waals surface area (Å²) in [5, 5.41) is 3.44. The van der Waals surface area contributed by atoms with E-state index in [0.717, 1.165) is 17.5 Å². The van der Waals surface area contributed by atoms with Crippen molar-refractivity contribution in [3.63, 3.8) is 0 Å². The summed E-state index contributed by atoms with van der Waals surface area (Å²) >= 11 is 0. The van der Waals surface area contributed by atoms with Crippen molar-refractivity contribution in [2.45, 2.75) is 46.1 Å². The van der Waals surface area contributed by atoms with E-state index >= 15 is 0 Å². The van der Waals surface area contributed by atoms with Crippen LogP contribution in [0, 0.1) is 0 Å². The van der Waals surface area contributed by atoms with Gasteiger partial charge in [-0.3, -0.25) is 4.79 Å². The molecule has 0 fully saturated rings. The van der Waals surface area contributed by atoms with E-state index in [1.807, 2.05) is 45.9 Å². The molecule has 3 aromatic rings. The van der Waals surface area contributed by atoms with Gasteiger partial charge in [0.2, 0.25) is 0 Å². The van der Waals surface area contributed by atoms with Gasteiger partial charge < -0.3 is 20.2 Å². The van der Waals surface area contributed by atoms with Gasteiger partial charge >= 0.3 is 5.63 Å². The zero-order valence-electron chi connectivity index (χ0n) is 17.9. The lowest BCUT2D eigenvalue weighted by molar-refractivity contribution is 0.102. The lowest BCUT2D eigenvalue weighted by Gasteiger charge is -2.19. The Balaban J connectivity index is 1.94. The highest BCUT2D eigenvalue weighted by Crippen LogP contribution is 2.29. The molecule has 1 aromatic heterocycles. The molecule has 0 radical (unpaired) electrons. The summed E-state index contributed by atoms with van der Waals surface area (Å²) in [6.45, 7) is 8.29. The molecular formula is C24H28N2O4. The second-order valence-electron chi connectivity index (χ2n) is 7.84. The largest absolute Gasteiger partial charge is 0.493 e. The van der Waals surface area contributed by atoms with Gasteiger partial charge in [0.15, 0.2) is 0 Å². The van der Waals surface area contributed by atoms with Gasteiger partial charge in [-0.2, -0.15) is 0 Å². The first-order chi connectivity index (χ1) is 14.2. The minimum Gasteiger partial charge on any atom is -0.493 e. The zero-order valence-corrected chi connectivity index (χ0v) is 17.9. The van der Waals surface area contributed by atoms with Gasteiger partial charge in [-0.1, -0.05) is 25.5 Å². The molecular weight excluding hydrogens is 380 g/mol. The Bertz CT molecular complexity index is 1110. The third-order valence-corrected chi connectivity index (χ3v) is 4.89. The Kier molecular flexibility index (Phi) is 6.27. The van der Waals surface area contributed by atoms with Crippen molar-refractivity contribution in [2.75, 3.05) is 11.9 Å². The van der Waals surface area contributed by atoms with Crippen molar-refractivity contribution in [1.29, 1.82) is 0 Å². The number of hydrogen-bond donors (Lipinski definition) is 2. The smallest absolute Gasteiger partial charge is 0.349 e. The van der Waals surface area contributed by atoms with E-state index < -0.39 is 17.1 Å². The molecule has 0 spiro atoms. The van der Waals surface area contributed by atoms with Crippen molar-refractivity contribution in [3.8, 4) is 5.75 Å². The number of rotatable bonds is 7. The number of ether oxygens (including phenoxy) is 1. The molecule has 0 atom stereocenters. The maximum atomic E-state index is 12.7. The van der Waals surface area contributed by atoms with Crippen LogP contribution in [-0.4, -0.2) is 12.5 Å². The number of aryl methyl sites for hydroxylation is 1. The van der Waals surface area contributed by atoms with Crippen LogP contribution in [-0.2, 0) is 12.0 Å². The summed E-state index contributed by atoms with van der Waals surface area (Å²) < 4.78 is 11.3. The molecule has 6 heteroatoms. The van der Waals surface area contributed by atoms with E-state index in [4.69, 9.17) is 14.9 Å². The number of hydrogen-bond acceptors (Lipinski definition) is 5. The highest BCUT2D eigenvalue weighted by atomic mass is 16.5. The van der Waals surface area contributed by atoms with Crippen LogP contribution < -0.4 is 21.4 Å². The van der Waals surface area contributed by atoms with E-state index in [1.165, 1.54) is 0 Å². The normalized spacial score (nSPS) is 11.5. The molecule has 0 unspecified atom stereocenters. The van der Waals surface area contributed by atoms with Gasteiger partial charge in [0.1, 0.15) is 16.9 Å². The van der Waals surface area contributed by atoms with Gasteiger partial charge in [0.25, 0.3) is 5.91 Å². The number of nitrogens with one attached hydrogen (secondary N) is 1. The number of nitrogens with two attached hydrogens (primary N) is 1. The number of carbonyl (C=O) groups excluding carboxylic acids is 1. The minimum atomic E-state index is -0.675. The molecule has 0 bridgehead atoms. The molecule has 30 heavy (non-hydrogen) atoms. The molecule has 1 heterocycles. The Hall–Kier alpha value is -3.12. The van der Waals surface area contributed by atoms with Crippen LogP contribution in [0.15, 0.2) is 51.7 Å². The average Bonchev–Trinajstić information content (AvgIpc) is 2.69. The Labute approximate surface area is 176 Å². The van der Waals surface area contributed by atoms with E-state index in [9.17, 15) is 9.59 Å². The van der Waals surface area contributed by atoms with Gasteiger partial charge in [-0.05, 0) is 63.1 Å². The summed E-state index contributed by atoms with van der Waals surface area (Å²) in [5.74, 6) is 0.187. The van der Waals surface area contributed by atoms with Crippen molar-refractivity contribution in [3.05, 3.63) is 69.6 Å². The Morgan fingerprint density at radius 1 is 1.13 bits per heavy atom. The monoisotopic (exact) mass is 408 g/mol. The van der Waals surface area contributed by atoms with Crippen LogP contribution in [0.3, 0.4) is 0 Å². The highest BCUT2D eigenvalue weighted by molar-refractivity contribution is 6.05. The van der Waals surface area contributed by atoms with Crippen molar-refractivity contribution < 1.29 is 13.9 Å². The average molecular weight is 408 g/mol. The van der Waals surface area contributed by atoms with Crippen LogP contribution in [0.5, 0.6) is 5.75 Å². The van der Waals surface area contributed by atoms with Crippen molar-refractivity contribution in [1.82, 2.24) is 0 Å². The van der Waals surface area contributed by atoms with Gasteiger partial charge in [-0.25, -0.2) is 4.79 Å². The Morgan fingerprint density at radius 3 is 2.43 bits per heavy atom. The molecule has 3 N–H and O–H groups in total. The topological polar surface area (TPSA) is 94.6 Å². The maximum Gasteiger partial charge on any atom is 0.349 e. The second kappa shape index (κ2) is 8.71. The molecule has 6 nitrogen and oxygen atoms in total. The summed E-state index contributed by atoms with van der Waals surface area (Å²) in [6.07, 6.45) is 1.59. The zero-order chi connectivity index (χ0) is 21.9.